The zero-order chi connectivity index (χ0) is 17.8. The second-order valence-electron chi connectivity index (χ2n) is 6.13. The van der Waals surface area contributed by atoms with Gasteiger partial charge in [0.15, 0.2) is 0 Å². The Morgan fingerprint density at radius 2 is 1.84 bits per heavy atom. The van der Waals surface area contributed by atoms with Crippen LogP contribution < -0.4 is 10.9 Å². The number of carbonyl (C=O) groups is 1. The molecule has 0 aliphatic carbocycles. The van der Waals surface area contributed by atoms with Gasteiger partial charge in [0, 0.05) is 23.5 Å². The molecule has 128 valence electrons. The lowest BCUT2D eigenvalue weighted by Gasteiger charge is -2.13. The summed E-state index contributed by atoms with van der Waals surface area (Å²) in [5.41, 5.74) is 1.54. The van der Waals surface area contributed by atoms with Crippen molar-refractivity contribution in [1.82, 2.24) is 10.3 Å². The van der Waals surface area contributed by atoms with Crippen LogP contribution in [0.3, 0.4) is 0 Å². The molecule has 3 aromatic rings. The van der Waals surface area contributed by atoms with Gasteiger partial charge in [0.05, 0.1) is 0 Å². The summed E-state index contributed by atoms with van der Waals surface area (Å²) < 4.78 is 13.7. The van der Waals surface area contributed by atoms with Gasteiger partial charge in [-0.15, -0.1) is 0 Å². The van der Waals surface area contributed by atoms with Crippen molar-refractivity contribution < 1.29 is 9.18 Å². The van der Waals surface area contributed by atoms with Gasteiger partial charge in [-0.2, -0.15) is 0 Å². The van der Waals surface area contributed by atoms with Crippen LogP contribution in [0.5, 0.6) is 0 Å². The van der Waals surface area contributed by atoms with Crippen LogP contribution in [0.2, 0.25) is 0 Å². The highest BCUT2D eigenvalue weighted by atomic mass is 19.1. The Bertz CT molecular complexity index is 965. The van der Waals surface area contributed by atoms with Gasteiger partial charge in [0.2, 0.25) is 5.91 Å². The minimum absolute atomic E-state index is 0.139. The standard InChI is InChI=1S/C20H19FN2O2/c1-13(10-14-6-2-4-8-17(14)21)19(24)22-12-16-11-15-7-3-5-9-18(15)23-20(16)25/h2-9,11,13H,10,12H2,1H3,(H,22,24)(H,23,25). The van der Waals surface area contributed by atoms with Crippen LogP contribution in [0, 0.1) is 11.7 Å². The predicted molar refractivity (Wildman–Crippen MR) is 95.7 cm³/mol. The Kier molecular flexibility index (Phi) is 4.93. The van der Waals surface area contributed by atoms with Gasteiger partial charge >= 0.3 is 0 Å². The number of aromatic nitrogens is 1. The third-order valence-electron chi connectivity index (χ3n) is 4.21. The van der Waals surface area contributed by atoms with Crippen LogP contribution in [0.25, 0.3) is 10.9 Å². The number of benzene rings is 2. The summed E-state index contributed by atoms with van der Waals surface area (Å²) in [4.78, 5) is 27.2. The molecule has 5 heteroatoms. The maximum atomic E-state index is 13.7. The lowest BCUT2D eigenvalue weighted by Crippen LogP contribution is -2.32. The maximum Gasteiger partial charge on any atom is 0.253 e. The highest BCUT2D eigenvalue weighted by Crippen LogP contribution is 2.13. The largest absolute Gasteiger partial charge is 0.352 e. The molecule has 1 aromatic heterocycles. The molecule has 1 amide bonds. The highest BCUT2D eigenvalue weighted by Gasteiger charge is 2.15. The van der Waals surface area contributed by atoms with Gasteiger partial charge in [-0.3, -0.25) is 9.59 Å². The quantitative estimate of drug-likeness (QED) is 0.751. The van der Waals surface area contributed by atoms with E-state index in [1.165, 1.54) is 6.07 Å². The van der Waals surface area contributed by atoms with Crippen molar-refractivity contribution in [3.05, 3.63) is 81.9 Å². The van der Waals surface area contributed by atoms with Gasteiger partial charge in [0.1, 0.15) is 5.82 Å². The molecule has 3 rings (SSSR count). The van der Waals surface area contributed by atoms with Crippen LogP contribution >= 0.6 is 0 Å². The van der Waals surface area contributed by atoms with E-state index in [1.807, 2.05) is 24.3 Å². The lowest BCUT2D eigenvalue weighted by molar-refractivity contribution is -0.124. The first-order chi connectivity index (χ1) is 12.0. The minimum atomic E-state index is -0.392. The van der Waals surface area contributed by atoms with Crippen LogP contribution in [-0.2, 0) is 17.8 Å². The number of fused-ring (bicyclic) bond motifs is 1. The zero-order valence-corrected chi connectivity index (χ0v) is 13.9. The summed E-state index contributed by atoms with van der Waals surface area (Å²) in [5.74, 6) is -0.916. The predicted octanol–water partition coefficient (Wildman–Crippen LogP) is 3.16. The first-order valence-corrected chi connectivity index (χ1v) is 8.16. The van der Waals surface area contributed by atoms with E-state index in [0.717, 1.165) is 10.9 Å². The molecule has 0 fully saturated rings. The molecule has 0 saturated heterocycles. The number of pyridine rings is 1. The molecule has 0 saturated carbocycles. The Morgan fingerprint density at radius 3 is 2.64 bits per heavy atom. The molecular weight excluding hydrogens is 319 g/mol. The summed E-state index contributed by atoms with van der Waals surface area (Å²) in [5, 5.41) is 3.67. The van der Waals surface area contributed by atoms with Gasteiger partial charge in [-0.1, -0.05) is 43.3 Å². The smallest absolute Gasteiger partial charge is 0.253 e. The molecule has 1 unspecified atom stereocenters. The van der Waals surface area contributed by atoms with Gasteiger partial charge in [-0.25, -0.2) is 4.39 Å². The maximum absolute atomic E-state index is 13.7. The highest BCUT2D eigenvalue weighted by molar-refractivity contribution is 5.80. The molecule has 0 bridgehead atoms. The summed E-state index contributed by atoms with van der Waals surface area (Å²) in [6.45, 7) is 1.88. The average Bonchev–Trinajstić information content (AvgIpc) is 2.61. The normalized spacial score (nSPS) is 12.1. The van der Waals surface area contributed by atoms with Crippen LogP contribution in [0.4, 0.5) is 4.39 Å². The van der Waals surface area contributed by atoms with Crippen LogP contribution in [0.15, 0.2) is 59.4 Å². The van der Waals surface area contributed by atoms with E-state index in [0.29, 0.717) is 17.5 Å². The first-order valence-electron chi connectivity index (χ1n) is 8.16. The van der Waals surface area contributed by atoms with E-state index >= 15 is 0 Å². The number of carbonyl (C=O) groups excluding carboxylic acids is 1. The number of aromatic amines is 1. The van der Waals surface area contributed by atoms with E-state index in [4.69, 9.17) is 0 Å². The zero-order valence-electron chi connectivity index (χ0n) is 13.9. The molecule has 1 atom stereocenters. The van der Waals surface area contributed by atoms with Crippen molar-refractivity contribution in [3.63, 3.8) is 0 Å². The van der Waals surface area contributed by atoms with E-state index < -0.39 is 5.92 Å². The third-order valence-corrected chi connectivity index (χ3v) is 4.21. The molecule has 4 nitrogen and oxygen atoms in total. The van der Waals surface area contributed by atoms with Crippen molar-refractivity contribution in [3.8, 4) is 0 Å². The summed E-state index contributed by atoms with van der Waals surface area (Å²) in [7, 11) is 0. The lowest BCUT2D eigenvalue weighted by atomic mass is 10.00. The number of amides is 1. The van der Waals surface area contributed by atoms with Crippen molar-refractivity contribution in [2.45, 2.75) is 19.9 Å². The fourth-order valence-electron chi connectivity index (χ4n) is 2.77. The summed E-state index contributed by atoms with van der Waals surface area (Å²) in [6.07, 6.45) is 0.312. The van der Waals surface area contributed by atoms with Crippen molar-refractivity contribution >= 4 is 16.8 Å². The molecule has 0 spiro atoms. The number of hydrogen-bond donors (Lipinski definition) is 2. The number of nitrogens with one attached hydrogen (secondary N) is 2. The van der Waals surface area contributed by atoms with Crippen LogP contribution in [-0.4, -0.2) is 10.9 Å². The number of para-hydroxylation sites is 1. The second-order valence-corrected chi connectivity index (χ2v) is 6.13. The van der Waals surface area contributed by atoms with E-state index in [-0.39, 0.29) is 23.8 Å². The molecule has 2 N–H and O–H groups in total. The average molecular weight is 338 g/mol. The van der Waals surface area contributed by atoms with E-state index in [9.17, 15) is 14.0 Å². The Labute approximate surface area is 144 Å². The van der Waals surface area contributed by atoms with Gasteiger partial charge in [-0.05, 0) is 35.6 Å². The fraction of sp³-hybridized carbons (Fsp3) is 0.200. The molecule has 25 heavy (non-hydrogen) atoms. The molecule has 0 aliphatic rings. The Morgan fingerprint density at radius 1 is 1.12 bits per heavy atom. The summed E-state index contributed by atoms with van der Waals surface area (Å²) >= 11 is 0. The second kappa shape index (κ2) is 7.30. The fourth-order valence-corrected chi connectivity index (χ4v) is 2.77. The Hall–Kier alpha value is -2.95. The number of rotatable bonds is 5. The molecule has 2 aromatic carbocycles. The first kappa shape index (κ1) is 16.9. The Balaban J connectivity index is 1.67. The van der Waals surface area contributed by atoms with E-state index in [2.05, 4.69) is 10.3 Å². The number of H-pyrrole nitrogens is 1. The van der Waals surface area contributed by atoms with Gasteiger partial charge in [0.25, 0.3) is 5.56 Å². The van der Waals surface area contributed by atoms with Gasteiger partial charge < -0.3 is 10.3 Å². The molecular formula is C20H19FN2O2. The topological polar surface area (TPSA) is 62.0 Å². The molecule has 0 aliphatic heterocycles. The van der Waals surface area contributed by atoms with E-state index in [1.54, 1.807) is 31.2 Å². The van der Waals surface area contributed by atoms with Crippen molar-refractivity contribution in [2.75, 3.05) is 0 Å². The van der Waals surface area contributed by atoms with Crippen LogP contribution in [0.1, 0.15) is 18.1 Å². The minimum Gasteiger partial charge on any atom is -0.352 e. The SMILES string of the molecule is CC(Cc1ccccc1F)C(=O)NCc1cc2ccccc2[nH]c1=O. The molecule has 1 heterocycles. The monoisotopic (exact) mass is 338 g/mol. The summed E-state index contributed by atoms with van der Waals surface area (Å²) in [6, 6.07) is 15.7. The van der Waals surface area contributed by atoms with Crippen molar-refractivity contribution in [2.24, 2.45) is 5.92 Å². The number of hydrogen-bond acceptors (Lipinski definition) is 2. The van der Waals surface area contributed by atoms with Crippen molar-refractivity contribution in [1.29, 1.82) is 0 Å². The third kappa shape index (κ3) is 3.94. The number of halogens is 1. The molecule has 0 radical (unpaired) electrons.